The molecule has 2 aromatic rings. The number of carbonyl (C=O) groups excluding carboxylic acids is 1. The Balaban J connectivity index is 2.26. The van der Waals surface area contributed by atoms with Gasteiger partial charge >= 0.3 is 0 Å². The maximum absolute atomic E-state index is 11.3. The Morgan fingerprint density at radius 2 is 1.95 bits per heavy atom. The maximum atomic E-state index is 11.3. The van der Waals surface area contributed by atoms with Crippen LogP contribution in [-0.2, 0) is 0 Å². The third-order valence-corrected chi connectivity index (χ3v) is 3.14. The molecular weight excluding hydrogens is 252 g/mol. The van der Waals surface area contributed by atoms with Gasteiger partial charge in [-0.05, 0) is 55.8 Å². The van der Waals surface area contributed by atoms with Crippen LogP contribution in [0, 0.1) is 6.92 Å². The summed E-state index contributed by atoms with van der Waals surface area (Å²) in [4.78, 5) is 11.3. The summed E-state index contributed by atoms with van der Waals surface area (Å²) in [5.74, 6) is 0.786. The van der Waals surface area contributed by atoms with E-state index in [1.54, 1.807) is 19.2 Å². The molecule has 2 rings (SSSR count). The third-order valence-electron chi connectivity index (χ3n) is 3.14. The van der Waals surface area contributed by atoms with Gasteiger partial charge in [-0.25, -0.2) is 0 Å². The van der Waals surface area contributed by atoms with Crippen LogP contribution in [0.1, 0.15) is 22.8 Å². The second-order valence-electron chi connectivity index (χ2n) is 4.66. The Morgan fingerprint density at radius 1 is 1.20 bits per heavy atom. The second kappa shape index (κ2) is 5.65. The van der Waals surface area contributed by atoms with E-state index in [9.17, 15) is 4.79 Å². The predicted octanol–water partition coefficient (Wildman–Crippen LogP) is 3.53. The molecule has 0 atom stereocenters. The number of benzene rings is 2. The van der Waals surface area contributed by atoms with Crippen LogP contribution in [0.4, 0.5) is 17.1 Å². The van der Waals surface area contributed by atoms with Gasteiger partial charge in [-0.1, -0.05) is 0 Å². The number of rotatable bonds is 4. The minimum absolute atomic E-state index is 0.0327. The number of hydrogen-bond donors (Lipinski definition) is 2. The monoisotopic (exact) mass is 270 g/mol. The van der Waals surface area contributed by atoms with Gasteiger partial charge in [-0.3, -0.25) is 4.79 Å². The lowest BCUT2D eigenvalue weighted by Gasteiger charge is -2.12. The molecule has 3 N–H and O–H groups in total. The van der Waals surface area contributed by atoms with Crippen LogP contribution in [0.5, 0.6) is 5.75 Å². The molecule has 0 radical (unpaired) electrons. The zero-order valence-electron chi connectivity index (χ0n) is 11.9. The fourth-order valence-corrected chi connectivity index (χ4v) is 2.02. The zero-order valence-corrected chi connectivity index (χ0v) is 11.9. The summed E-state index contributed by atoms with van der Waals surface area (Å²) in [6.45, 7) is 3.50. The molecule has 0 amide bonds. The van der Waals surface area contributed by atoms with Crippen molar-refractivity contribution in [2.24, 2.45) is 0 Å². The van der Waals surface area contributed by atoms with E-state index in [0.29, 0.717) is 11.3 Å². The van der Waals surface area contributed by atoms with E-state index in [0.717, 1.165) is 22.7 Å². The first kappa shape index (κ1) is 13.9. The van der Waals surface area contributed by atoms with Gasteiger partial charge in [0, 0.05) is 22.6 Å². The Hall–Kier alpha value is -2.49. The molecule has 0 aliphatic heterocycles. The molecule has 4 nitrogen and oxygen atoms in total. The highest BCUT2D eigenvalue weighted by atomic mass is 16.5. The minimum atomic E-state index is -0.0327. The quantitative estimate of drug-likeness (QED) is 0.659. The number of hydrogen-bond acceptors (Lipinski definition) is 4. The van der Waals surface area contributed by atoms with E-state index in [-0.39, 0.29) is 5.78 Å². The average Bonchev–Trinajstić information content (AvgIpc) is 2.40. The summed E-state index contributed by atoms with van der Waals surface area (Å²) in [7, 11) is 1.64. The number of nitrogens with one attached hydrogen (secondary N) is 1. The van der Waals surface area contributed by atoms with Gasteiger partial charge in [0.15, 0.2) is 5.78 Å². The predicted molar refractivity (Wildman–Crippen MR) is 81.9 cm³/mol. The average molecular weight is 270 g/mol. The van der Waals surface area contributed by atoms with Crippen LogP contribution in [0.3, 0.4) is 0 Å². The van der Waals surface area contributed by atoms with Crippen LogP contribution in [0.15, 0.2) is 36.4 Å². The van der Waals surface area contributed by atoms with Gasteiger partial charge in [0.2, 0.25) is 0 Å². The van der Waals surface area contributed by atoms with Crippen molar-refractivity contribution in [1.29, 1.82) is 0 Å². The standard InChI is InChI=1S/C16H18N2O2/c1-10-8-13(20-3)5-7-16(10)18-12-4-6-14(11(2)19)15(17)9-12/h4-9,18H,17H2,1-3H3. The van der Waals surface area contributed by atoms with E-state index in [2.05, 4.69) is 5.32 Å². The van der Waals surface area contributed by atoms with Gasteiger partial charge in [-0.2, -0.15) is 0 Å². The summed E-state index contributed by atoms with van der Waals surface area (Å²) in [6.07, 6.45) is 0. The molecule has 0 aliphatic rings. The van der Waals surface area contributed by atoms with Crippen molar-refractivity contribution >= 4 is 22.8 Å². The van der Waals surface area contributed by atoms with Crippen molar-refractivity contribution in [3.8, 4) is 5.75 Å². The summed E-state index contributed by atoms with van der Waals surface area (Å²) < 4.78 is 5.18. The van der Waals surface area contributed by atoms with Crippen LogP contribution in [0.2, 0.25) is 0 Å². The van der Waals surface area contributed by atoms with E-state index >= 15 is 0 Å². The van der Waals surface area contributed by atoms with Gasteiger partial charge < -0.3 is 15.8 Å². The molecule has 2 aromatic carbocycles. The lowest BCUT2D eigenvalue weighted by molar-refractivity contribution is 0.101. The largest absolute Gasteiger partial charge is 0.497 e. The van der Waals surface area contributed by atoms with Gasteiger partial charge in [0.25, 0.3) is 0 Å². The molecule has 4 heteroatoms. The first-order valence-electron chi connectivity index (χ1n) is 6.33. The molecule has 0 fully saturated rings. The highest BCUT2D eigenvalue weighted by molar-refractivity contribution is 5.99. The van der Waals surface area contributed by atoms with Crippen LogP contribution < -0.4 is 15.8 Å². The summed E-state index contributed by atoms with van der Waals surface area (Å²) in [5, 5.41) is 3.28. The van der Waals surface area contributed by atoms with Crippen molar-refractivity contribution in [2.75, 3.05) is 18.2 Å². The number of ketones is 1. The molecule has 0 saturated heterocycles. The smallest absolute Gasteiger partial charge is 0.161 e. The number of nitrogen functional groups attached to an aromatic ring is 1. The van der Waals surface area contributed by atoms with Crippen molar-refractivity contribution in [2.45, 2.75) is 13.8 Å². The molecule has 0 aromatic heterocycles. The maximum Gasteiger partial charge on any atom is 0.161 e. The molecule has 0 spiro atoms. The fraction of sp³-hybridized carbons (Fsp3) is 0.188. The number of carbonyl (C=O) groups is 1. The van der Waals surface area contributed by atoms with Crippen molar-refractivity contribution < 1.29 is 9.53 Å². The number of aryl methyl sites for hydroxylation is 1. The highest BCUT2D eigenvalue weighted by Gasteiger charge is 2.06. The molecule has 104 valence electrons. The Bertz CT molecular complexity index is 651. The Kier molecular flexibility index (Phi) is 3.94. The van der Waals surface area contributed by atoms with Crippen LogP contribution >= 0.6 is 0 Å². The van der Waals surface area contributed by atoms with E-state index in [1.165, 1.54) is 6.92 Å². The topological polar surface area (TPSA) is 64.3 Å². The summed E-state index contributed by atoms with van der Waals surface area (Å²) in [5.41, 5.74) is 9.79. The third kappa shape index (κ3) is 2.91. The van der Waals surface area contributed by atoms with Crippen LogP contribution in [-0.4, -0.2) is 12.9 Å². The minimum Gasteiger partial charge on any atom is -0.497 e. The highest BCUT2D eigenvalue weighted by Crippen LogP contribution is 2.26. The van der Waals surface area contributed by atoms with Crippen molar-refractivity contribution in [3.05, 3.63) is 47.5 Å². The normalized spacial score (nSPS) is 10.2. The lowest BCUT2D eigenvalue weighted by atomic mass is 10.1. The number of ether oxygens (including phenoxy) is 1. The Labute approximate surface area is 118 Å². The molecular formula is C16H18N2O2. The second-order valence-corrected chi connectivity index (χ2v) is 4.66. The molecule has 20 heavy (non-hydrogen) atoms. The fourth-order valence-electron chi connectivity index (χ4n) is 2.02. The molecule has 0 saturated carbocycles. The molecule has 0 heterocycles. The zero-order chi connectivity index (χ0) is 14.7. The van der Waals surface area contributed by atoms with E-state index in [4.69, 9.17) is 10.5 Å². The van der Waals surface area contributed by atoms with Crippen molar-refractivity contribution in [1.82, 2.24) is 0 Å². The summed E-state index contributed by atoms with van der Waals surface area (Å²) in [6, 6.07) is 11.1. The number of anilines is 3. The Morgan fingerprint density at radius 3 is 2.50 bits per heavy atom. The lowest BCUT2D eigenvalue weighted by Crippen LogP contribution is -2.01. The summed E-state index contributed by atoms with van der Waals surface area (Å²) >= 11 is 0. The van der Waals surface area contributed by atoms with Crippen LogP contribution in [0.25, 0.3) is 0 Å². The number of methoxy groups -OCH3 is 1. The van der Waals surface area contributed by atoms with E-state index in [1.807, 2.05) is 31.2 Å². The molecule has 0 unspecified atom stereocenters. The van der Waals surface area contributed by atoms with Crippen molar-refractivity contribution in [3.63, 3.8) is 0 Å². The molecule has 0 aliphatic carbocycles. The SMILES string of the molecule is COc1ccc(Nc2ccc(C(C)=O)c(N)c2)c(C)c1. The van der Waals surface area contributed by atoms with Gasteiger partial charge in [0.1, 0.15) is 5.75 Å². The van der Waals surface area contributed by atoms with Gasteiger partial charge in [0.05, 0.1) is 7.11 Å². The molecule has 0 bridgehead atoms. The number of Topliss-reactive ketones (excluding diaryl/α,β-unsaturated/α-hetero) is 1. The number of nitrogens with two attached hydrogens (primary N) is 1. The van der Waals surface area contributed by atoms with Gasteiger partial charge in [-0.15, -0.1) is 0 Å². The van der Waals surface area contributed by atoms with E-state index < -0.39 is 0 Å². The first-order chi connectivity index (χ1) is 9.51. The first-order valence-corrected chi connectivity index (χ1v) is 6.33.